The molecule has 10 rings (SSSR count). The van der Waals surface area contributed by atoms with Gasteiger partial charge >= 0.3 is 0 Å². The van der Waals surface area contributed by atoms with E-state index in [9.17, 15) is 0 Å². The van der Waals surface area contributed by atoms with Crippen molar-refractivity contribution in [3.05, 3.63) is 0 Å². The molecule has 16 unspecified atom stereocenters. The summed E-state index contributed by atoms with van der Waals surface area (Å²) in [5.41, 5.74) is 4.20. The van der Waals surface area contributed by atoms with Gasteiger partial charge in [0.1, 0.15) is 0 Å². The van der Waals surface area contributed by atoms with Gasteiger partial charge in [-0.2, -0.15) is 15.6 Å². The highest BCUT2D eigenvalue weighted by Crippen LogP contribution is 2.49. The van der Waals surface area contributed by atoms with E-state index in [2.05, 4.69) is 52.8 Å². The minimum Gasteiger partial charge on any atom is -0.311 e. The van der Waals surface area contributed by atoms with Crippen LogP contribution in [0.25, 0.3) is 0 Å². The van der Waals surface area contributed by atoms with Crippen molar-refractivity contribution in [1.82, 2.24) is 52.8 Å². The number of hydrazine groups is 2. The summed E-state index contributed by atoms with van der Waals surface area (Å²) in [5, 5.41) is 34.9. The second-order valence-electron chi connectivity index (χ2n) is 15.7. The third-order valence-electron chi connectivity index (χ3n) is 14.0. The first-order valence-electron chi connectivity index (χ1n) is 17.9. The molecule has 7 saturated heterocycles. The van der Waals surface area contributed by atoms with E-state index < -0.39 is 0 Å². The molecular weight excluding hydrogens is 512 g/mol. The van der Waals surface area contributed by atoms with Crippen LogP contribution in [0.4, 0.5) is 0 Å². The molecular formula is C31H54N10. The molecule has 0 radical (unpaired) electrons. The maximum absolute atomic E-state index is 4.36. The molecule has 0 aromatic heterocycles. The van der Waals surface area contributed by atoms with Gasteiger partial charge in [-0.3, -0.25) is 31.9 Å². The fraction of sp³-hybridized carbons (Fsp3) is 1.00. The van der Waals surface area contributed by atoms with Crippen molar-refractivity contribution in [2.24, 2.45) is 41.4 Å². The van der Waals surface area contributed by atoms with Crippen LogP contribution in [0.15, 0.2) is 0 Å². The van der Waals surface area contributed by atoms with E-state index >= 15 is 0 Å². The lowest BCUT2D eigenvalue weighted by Gasteiger charge is -2.48. The number of hydrogen-bond acceptors (Lipinski definition) is 10. The van der Waals surface area contributed by atoms with Crippen molar-refractivity contribution in [2.45, 2.75) is 145 Å². The third kappa shape index (κ3) is 3.91. The van der Waals surface area contributed by atoms with Crippen LogP contribution in [-0.4, -0.2) is 71.9 Å². The van der Waals surface area contributed by atoms with Crippen molar-refractivity contribution in [3.63, 3.8) is 0 Å². The lowest BCUT2D eigenvalue weighted by molar-refractivity contribution is -0.132. The summed E-state index contributed by atoms with van der Waals surface area (Å²) in [6, 6.07) is 0.490. The number of hydrogen-bond donors (Lipinski definition) is 8. The smallest absolute Gasteiger partial charge is 0.0808 e. The summed E-state index contributed by atoms with van der Waals surface area (Å²) in [6.07, 6.45) is 22.1. The zero-order valence-electron chi connectivity index (χ0n) is 24.7. The van der Waals surface area contributed by atoms with Crippen LogP contribution in [0.3, 0.4) is 0 Å². The van der Waals surface area contributed by atoms with E-state index in [1.165, 1.54) is 89.9 Å². The van der Waals surface area contributed by atoms with Gasteiger partial charge in [0.2, 0.25) is 0 Å². The first-order chi connectivity index (χ1) is 20.3. The molecule has 0 aromatic carbocycles. The average molecular weight is 567 g/mol. The van der Waals surface area contributed by atoms with Crippen LogP contribution < -0.4 is 42.8 Å². The topological polar surface area (TPSA) is 103 Å². The largest absolute Gasteiger partial charge is 0.311 e. The Hall–Kier alpha value is -0.400. The van der Waals surface area contributed by atoms with Gasteiger partial charge < -0.3 is 5.32 Å². The number of rotatable bonds is 0. The molecule has 7 aliphatic heterocycles. The van der Waals surface area contributed by atoms with Crippen LogP contribution in [0, 0.1) is 41.4 Å². The summed E-state index contributed by atoms with van der Waals surface area (Å²) in [5.74, 6) is 4.95. The Bertz CT molecular complexity index is 924. The number of nitrogens with zero attached hydrogens (tertiary/aromatic N) is 2. The molecule has 16 atom stereocenters. The summed E-state index contributed by atoms with van der Waals surface area (Å²) in [6.45, 7) is 1.15. The quantitative estimate of drug-likeness (QED) is 0.217. The molecule has 3 saturated carbocycles. The van der Waals surface area contributed by atoms with Crippen LogP contribution in [-0.2, 0) is 0 Å². The van der Waals surface area contributed by atoms with Crippen LogP contribution in [0.2, 0.25) is 0 Å². The maximum atomic E-state index is 4.36. The summed E-state index contributed by atoms with van der Waals surface area (Å²) in [7, 11) is 0. The predicted octanol–water partition coefficient (Wildman–Crippen LogP) is 1.03. The van der Waals surface area contributed by atoms with Gasteiger partial charge in [-0.25, -0.2) is 0 Å². The first-order valence-corrected chi connectivity index (χ1v) is 17.9. The average Bonchev–Trinajstić information content (AvgIpc) is 3.73. The molecule has 3 aliphatic carbocycles. The Morgan fingerprint density at radius 2 is 0.780 bits per heavy atom. The normalized spacial score (nSPS) is 58.2. The molecule has 6 bridgehead atoms. The highest BCUT2D eigenvalue weighted by atomic mass is 15.9. The Balaban J connectivity index is 1.05. The predicted molar refractivity (Wildman–Crippen MR) is 157 cm³/mol. The van der Waals surface area contributed by atoms with Gasteiger partial charge in [0.15, 0.2) is 0 Å². The van der Waals surface area contributed by atoms with Gasteiger partial charge in [-0.1, -0.05) is 38.5 Å². The van der Waals surface area contributed by atoms with Gasteiger partial charge in [0, 0.05) is 12.0 Å². The van der Waals surface area contributed by atoms with Crippen LogP contribution in [0.1, 0.15) is 89.9 Å². The lowest BCUT2D eigenvalue weighted by Crippen LogP contribution is -2.75. The Morgan fingerprint density at radius 1 is 0.366 bits per heavy atom. The SMILES string of the molecule is C1CCC2C3NC(NC4NC(NC5C6CCCCC6C6NC7C8CCCCC8C(N3)N7NN56)C3CCCNC43)C2C1. The zero-order valence-corrected chi connectivity index (χ0v) is 24.7. The Morgan fingerprint density at radius 3 is 1.34 bits per heavy atom. The molecule has 0 spiro atoms. The van der Waals surface area contributed by atoms with Gasteiger partial charge in [-0.05, 0) is 93.4 Å². The molecule has 0 amide bonds. The molecule has 10 heteroatoms. The summed E-state index contributed by atoms with van der Waals surface area (Å²) in [4.78, 5) is 0. The van der Waals surface area contributed by atoms with Gasteiger partial charge in [0.25, 0.3) is 0 Å². The number of piperidine rings is 1. The third-order valence-corrected chi connectivity index (χ3v) is 14.0. The van der Waals surface area contributed by atoms with E-state index in [0.717, 1.165) is 24.3 Å². The van der Waals surface area contributed by atoms with Crippen molar-refractivity contribution >= 4 is 0 Å². The summed E-state index contributed by atoms with van der Waals surface area (Å²) >= 11 is 0. The molecule has 0 aromatic rings. The first kappa shape index (κ1) is 25.9. The lowest BCUT2D eigenvalue weighted by atomic mass is 9.77. The fourth-order valence-electron chi connectivity index (χ4n) is 12.3. The minimum absolute atomic E-state index is 0.307. The number of nitrogens with one attached hydrogen (secondary N) is 8. The summed E-state index contributed by atoms with van der Waals surface area (Å²) < 4.78 is 0. The standard InChI is InChI=1S/C31H54N10/c1-2-9-17-16(8-1)24-33-25(17)36-28-18-10-3-5-12-20(18)30-38-31-21-13-6-4-11-19(21)29(41(31)39-40(28)30)37-26-22-14-7-15-32-23(22)27(34-24)35-26/h16-39H,1-15H2. The van der Waals surface area contributed by atoms with Crippen LogP contribution >= 0.6 is 0 Å². The highest BCUT2D eigenvalue weighted by Gasteiger charge is 2.61. The van der Waals surface area contributed by atoms with E-state index in [-0.39, 0.29) is 0 Å². The molecule has 10 aliphatic rings. The highest BCUT2D eigenvalue weighted by molar-refractivity contribution is 5.11. The van der Waals surface area contributed by atoms with Crippen molar-refractivity contribution < 1.29 is 0 Å². The molecule has 7 heterocycles. The number of fused-ring (bicyclic) bond motifs is 16. The van der Waals surface area contributed by atoms with E-state index in [1.54, 1.807) is 0 Å². The Labute approximate surface area is 245 Å². The second-order valence-corrected chi connectivity index (χ2v) is 15.7. The van der Waals surface area contributed by atoms with Gasteiger partial charge in [0.05, 0.1) is 49.3 Å². The van der Waals surface area contributed by atoms with Crippen molar-refractivity contribution in [2.75, 3.05) is 6.54 Å². The van der Waals surface area contributed by atoms with Crippen molar-refractivity contribution in [3.8, 4) is 0 Å². The molecule has 41 heavy (non-hydrogen) atoms. The maximum Gasteiger partial charge on any atom is 0.0808 e. The zero-order chi connectivity index (χ0) is 26.7. The van der Waals surface area contributed by atoms with E-state index in [4.69, 9.17) is 0 Å². The van der Waals surface area contributed by atoms with E-state index in [0.29, 0.717) is 79.0 Å². The Kier molecular flexibility index (Phi) is 6.35. The van der Waals surface area contributed by atoms with Gasteiger partial charge in [-0.15, -0.1) is 0 Å². The minimum atomic E-state index is 0.307. The molecule has 228 valence electrons. The fourth-order valence-corrected chi connectivity index (χ4v) is 12.3. The second kappa shape index (κ2) is 10.1. The van der Waals surface area contributed by atoms with Crippen molar-refractivity contribution in [1.29, 1.82) is 0 Å². The molecule has 8 N–H and O–H groups in total. The molecule has 10 fully saturated rings. The monoisotopic (exact) mass is 566 g/mol. The molecule has 10 nitrogen and oxygen atoms in total. The van der Waals surface area contributed by atoms with Crippen LogP contribution in [0.5, 0.6) is 0 Å². The van der Waals surface area contributed by atoms with E-state index in [1.807, 2.05) is 0 Å².